The minimum atomic E-state index is -0.604. The van der Waals surface area contributed by atoms with Gasteiger partial charge in [0.05, 0.1) is 10.4 Å². The van der Waals surface area contributed by atoms with Crippen molar-refractivity contribution >= 4 is 23.1 Å². The van der Waals surface area contributed by atoms with E-state index < -0.39 is 5.41 Å². The van der Waals surface area contributed by atoms with Gasteiger partial charge in [0.15, 0.2) is 0 Å². The number of hydrogen-bond donors (Lipinski definition) is 2. The molecule has 1 aliphatic carbocycles. The zero-order chi connectivity index (χ0) is 14.5. The second-order valence-electron chi connectivity index (χ2n) is 6.01. The highest BCUT2D eigenvalue weighted by atomic mass is 32.1. The highest BCUT2D eigenvalue weighted by Crippen LogP contribution is 2.36. The van der Waals surface area contributed by atoms with E-state index in [2.05, 4.69) is 26.1 Å². The molecule has 0 bridgehead atoms. The Labute approximate surface area is 122 Å². The van der Waals surface area contributed by atoms with Crippen molar-refractivity contribution in [2.45, 2.75) is 71.8 Å². The fraction of sp³-hybridized carbons (Fsp3) is 0.867. The third kappa shape index (κ3) is 3.91. The molecule has 2 atom stereocenters. The van der Waals surface area contributed by atoms with Crippen LogP contribution >= 0.6 is 12.2 Å². The van der Waals surface area contributed by atoms with Crippen molar-refractivity contribution in [3.05, 3.63) is 0 Å². The molecule has 1 amide bonds. The minimum absolute atomic E-state index is 0.0506. The molecule has 1 rings (SSSR count). The van der Waals surface area contributed by atoms with Crippen LogP contribution in [-0.4, -0.2) is 16.9 Å². The normalized spacial score (nSPS) is 22.1. The molecule has 0 aromatic rings. The molecule has 0 heterocycles. The second-order valence-corrected chi connectivity index (χ2v) is 6.45. The zero-order valence-electron chi connectivity index (χ0n) is 12.5. The number of nitrogens with one attached hydrogen (secondary N) is 1. The van der Waals surface area contributed by atoms with Gasteiger partial charge in [0.2, 0.25) is 5.91 Å². The summed E-state index contributed by atoms with van der Waals surface area (Å²) in [4.78, 5) is 13.0. The molecule has 0 aliphatic heterocycles. The fourth-order valence-corrected chi connectivity index (χ4v) is 3.06. The fourth-order valence-electron chi connectivity index (χ4n) is 2.76. The average molecular weight is 284 g/mol. The number of thiocarbonyl (C=S) groups is 1. The second kappa shape index (κ2) is 7.22. The molecule has 0 aromatic heterocycles. The summed E-state index contributed by atoms with van der Waals surface area (Å²) in [6, 6.07) is 0.173. The summed E-state index contributed by atoms with van der Waals surface area (Å²) in [6.45, 7) is 6.36. The molecule has 19 heavy (non-hydrogen) atoms. The standard InChI is InChI=1S/C15H28N2OS/c1-4-11(2)12(3)17-14(18)15(13(16)19)9-7-5-6-8-10-15/h11-12H,4-10H2,1-3H3,(H2,16,19)(H,17,18). The smallest absolute Gasteiger partial charge is 0.233 e. The van der Waals surface area contributed by atoms with Crippen LogP contribution in [0, 0.1) is 11.3 Å². The molecule has 0 spiro atoms. The van der Waals surface area contributed by atoms with Crippen LogP contribution in [0.25, 0.3) is 0 Å². The molecule has 3 nitrogen and oxygen atoms in total. The van der Waals surface area contributed by atoms with E-state index in [9.17, 15) is 4.79 Å². The summed E-state index contributed by atoms with van der Waals surface area (Å²) in [5.41, 5.74) is 5.32. The summed E-state index contributed by atoms with van der Waals surface area (Å²) in [6.07, 6.45) is 7.12. The van der Waals surface area contributed by atoms with Gasteiger partial charge >= 0.3 is 0 Å². The first-order valence-electron chi connectivity index (χ1n) is 7.55. The lowest BCUT2D eigenvalue weighted by Gasteiger charge is -2.32. The van der Waals surface area contributed by atoms with E-state index in [0.717, 1.165) is 32.1 Å². The van der Waals surface area contributed by atoms with Crippen molar-refractivity contribution in [2.24, 2.45) is 17.1 Å². The lowest BCUT2D eigenvalue weighted by atomic mass is 9.79. The first-order chi connectivity index (χ1) is 8.94. The van der Waals surface area contributed by atoms with Crippen molar-refractivity contribution in [1.29, 1.82) is 0 Å². The number of hydrogen-bond acceptors (Lipinski definition) is 2. The largest absolute Gasteiger partial charge is 0.392 e. The molecule has 0 aromatic carbocycles. The van der Waals surface area contributed by atoms with E-state index in [-0.39, 0.29) is 11.9 Å². The number of amides is 1. The van der Waals surface area contributed by atoms with Crippen LogP contribution in [-0.2, 0) is 4.79 Å². The predicted molar refractivity (Wildman–Crippen MR) is 84.0 cm³/mol. The Balaban J connectivity index is 2.80. The predicted octanol–water partition coefficient (Wildman–Crippen LogP) is 3.16. The Morgan fingerprint density at radius 2 is 1.79 bits per heavy atom. The van der Waals surface area contributed by atoms with Gasteiger partial charge in [-0.05, 0) is 25.7 Å². The van der Waals surface area contributed by atoms with E-state index in [1.54, 1.807) is 0 Å². The topological polar surface area (TPSA) is 55.1 Å². The minimum Gasteiger partial charge on any atom is -0.392 e. The van der Waals surface area contributed by atoms with Gasteiger partial charge in [0.1, 0.15) is 0 Å². The first kappa shape index (κ1) is 16.4. The average Bonchev–Trinajstić information content (AvgIpc) is 2.64. The maximum absolute atomic E-state index is 12.7. The Morgan fingerprint density at radius 1 is 1.26 bits per heavy atom. The van der Waals surface area contributed by atoms with Crippen LogP contribution in [0.3, 0.4) is 0 Å². The maximum atomic E-state index is 12.7. The number of carbonyl (C=O) groups is 1. The molecular formula is C15H28N2OS. The van der Waals surface area contributed by atoms with Gasteiger partial charge in [-0.1, -0.05) is 58.2 Å². The third-order valence-corrected chi connectivity index (χ3v) is 5.11. The number of rotatable bonds is 5. The molecule has 1 saturated carbocycles. The summed E-state index contributed by atoms with van der Waals surface area (Å²) < 4.78 is 0. The monoisotopic (exact) mass is 284 g/mol. The van der Waals surface area contributed by atoms with Gasteiger partial charge in [0.25, 0.3) is 0 Å². The highest BCUT2D eigenvalue weighted by Gasteiger charge is 2.42. The van der Waals surface area contributed by atoms with Crippen molar-refractivity contribution in [2.75, 3.05) is 0 Å². The van der Waals surface area contributed by atoms with Crippen molar-refractivity contribution in [3.63, 3.8) is 0 Å². The van der Waals surface area contributed by atoms with E-state index in [1.165, 1.54) is 12.8 Å². The molecule has 1 fully saturated rings. The SMILES string of the molecule is CCC(C)C(C)NC(=O)C1(C(N)=S)CCCCCC1. The molecule has 2 unspecified atom stereocenters. The zero-order valence-corrected chi connectivity index (χ0v) is 13.3. The van der Waals surface area contributed by atoms with Crippen LogP contribution < -0.4 is 11.1 Å². The van der Waals surface area contributed by atoms with E-state index in [4.69, 9.17) is 18.0 Å². The summed E-state index contributed by atoms with van der Waals surface area (Å²) >= 11 is 5.23. The van der Waals surface area contributed by atoms with Gasteiger partial charge in [-0.2, -0.15) is 0 Å². The van der Waals surface area contributed by atoms with E-state index in [1.807, 2.05) is 0 Å². The quantitative estimate of drug-likeness (QED) is 0.602. The van der Waals surface area contributed by atoms with Gasteiger partial charge in [-0.3, -0.25) is 4.79 Å². The van der Waals surface area contributed by atoms with E-state index >= 15 is 0 Å². The van der Waals surface area contributed by atoms with Crippen LogP contribution in [0.2, 0.25) is 0 Å². The van der Waals surface area contributed by atoms with Gasteiger partial charge in [-0.15, -0.1) is 0 Å². The van der Waals surface area contributed by atoms with Crippen molar-refractivity contribution in [3.8, 4) is 0 Å². The molecule has 0 radical (unpaired) electrons. The van der Waals surface area contributed by atoms with Crippen LogP contribution in [0.4, 0.5) is 0 Å². The van der Waals surface area contributed by atoms with Crippen LogP contribution in [0.1, 0.15) is 65.7 Å². The highest BCUT2D eigenvalue weighted by molar-refractivity contribution is 7.80. The van der Waals surface area contributed by atoms with Crippen LogP contribution in [0.5, 0.6) is 0 Å². The summed E-state index contributed by atoms with van der Waals surface area (Å²) in [7, 11) is 0. The van der Waals surface area contributed by atoms with Gasteiger partial charge < -0.3 is 11.1 Å². The molecule has 3 N–H and O–H groups in total. The third-order valence-electron chi connectivity index (χ3n) is 4.72. The lowest BCUT2D eigenvalue weighted by Crippen LogP contribution is -2.52. The molecule has 1 aliphatic rings. The molecular weight excluding hydrogens is 256 g/mol. The molecule has 110 valence electrons. The van der Waals surface area contributed by atoms with Crippen molar-refractivity contribution in [1.82, 2.24) is 5.32 Å². The number of nitrogens with two attached hydrogens (primary N) is 1. The Kier molecular flexibility index (Phi) is 6.24. The molecule has 0 saturated heterocycles. The maximum Gasteiger partial charge on any atom is 0.233 e. The van der Waals surface area contributed by atoms with Crippen LogP contribution in [0.15, 0.2) is 0 Å². The Morgan fingerprint density at radius 3 is 2.21 bits per heavy atom. The van der Waals surface area contributed by atoms with Gasteiger partial charge in [0, 0.05) is 6.04 Å². The Hall–Kier alpha value is -0.640. The van der Waals surface area contributed by atoms with E-state index in [0.29, 0.717) is 10.9 Å². The van der Waals surface area contributed by atoms with Gasteiger partial charge in [-0.25, -0.2) is 0 Å². The summed E-state index contributed by atoms with van der Waals surface area (Å²) in [5.74, 6) is 0.521. The molecule has 4 heteroatoms. The summed E-state index contributed by atoms with van der Waals surface area (Å²) in [5, 5.41) is 3.14. The Bertz CT molecular complexity index is 322. The number of carbonyl (C=O) groups excluding carboxylic acids is 1. The van der Waals surface area contributed by atoms with Crippen molar-refractivity contribution < 1.29 is 4.79 Å². The lowest BCUT2D eigenvalue weighted by molar-refractivity contribution is -0.129. The first-order valence-corrected chi connectivity index (χ1v) is 7.95.